The number of nitrogens with zero attached hydrogens (tertiary/aromatic N) is 1. The van der Waals surface area contributed by atoms with Crippen molar-refractivity contribution in [1.82, 2.24) is 0 Å². The number of ether oxygens (including phenoxy) is 1. The van der Waals surface area contributed by atoms with E-state index in [4.69, 9.17) is 9.15 Å². The molecular weight excluding hydrogens is 348 g/mol. The molecule has 0 saturated heterocycles. The largest absolute Gasteiger partial charge is 0.497 e. The molecule has 0 saturated carbocycles. The summed E-state index contributed by atoms with van der Waals surface area (Å²) in [5.41, 5.74) is 8.17. The van der Waals surface area contributed by atoms with Gasteiger partial charge in [-0.2, -0.15) is 5.10 Å². The molecule has 3 aromatic carbocycles. The third-order valence-electron chi connectivity index (χ3n) is 4.64. The Bertz CT molecular complexity index is 1180. The Morgan fingerprint density at radius 3 is 2.36 bits per heavy atom. The number of hydrogen-bond acceptors (Lipinski definition) is 4. The molecule has 0 aliphatic rings. The number of aryl methyl sites for hydroxylation is 2. The van der Waals surface area contributed by atoms with Gasteiger partial charge in [-0.25, -0.2) is 0 Å². The number of nitrogens with one attached hydrogen (secondary N) is 1. The first-order chi connectivity index (χ1) is 13.6. The minimum absolute atomic E-state index is 0.758. The number of hydrogen-bond donors (Lipinski definition) is 1. The van der Waals surface area contributed by atoms with Crippen LogP contribution in [0, 0.1) is 13.8 Å². The number of rotatable bonds is 4. The highest BCUT2D eigenvalue weighted by Crippen LogP contribution is 2.26. The molecule has 4 aromatic rings. The number of methoxy groups -OCH3 is 1. The SMILES string of the molecule is COc1ccc(-c2c/c(=N/Nc3ccccc3)c3c(C)cc(C)cc3o2)cc1. The highest BCUT2D eigenvalue weighted by atomic mass is 16.5. The lowest BCUT2D eigenvalue weighted by Gasteiger charge is -2.09. The maximum Gasteiger partial charge on any atom is 0.137 e. The first-order valence-electron chi connectivity index (χ1n) is 9.18. The summed E-state index contributed by atoms with van der Waals surface area (Å²) in [7, 11) is 1.66. The van der Waals surface area contributed by atoms with E-state index in [0.717, 1.165) is 50.2 Å². The lowest BCUT2D eigenvalue weighted by molar-refractivity contribution is 0.415. The van der Waals surface area contributed by atoms with Gasteiger partial charge in [0.15, 0.2) is 0 Å². The Hall–Kier alpha value is -3.53. The highest BCUT2D eigenvalue weighted by Gasteiger charge is 2.09. The van der Waals surface area contributed by atoms with Crippen LogP contribution >= 0.6 is 0 Å². The summed E-state index contributed by atoms with van der Waals surface area (Å²) in [4.78, 5) is 0. The minimum Gasteiger partial charge on any atom is -0.497 e. The molecule has 0 aliphatic heterocycles. The smallest absolute Gasteiger partial charge is 0.137 e. The third-order valence-corrected chi connectivity index (χ3v) is 4.64. The van der Waals surface area contributed by atoms with Crippen LogP contribution in [0.15, 0.2) is 82.3 Å². The summed E-state index contributed by atoms with van der Waals surface area (Å²) in [6.45, 7) is 4.15. The second-order valence-electron chi connectivity index (χ2n) is 6.77. The molecule has 1 heterocycles. The number of fused-ring (bicyclic) bond motifs is 1. The zero-order valence-corrected chi connectivity index (χ0v) is 16.2. The molecule has 28 heavy (non-hydrogen) atoms. The van der Waals surface area contributed by atoms with Gasteiger partial charge in [-0.1, -0.05) is 24.3 Å². The number of para-hydroxylation sites is 1. The molecule has 0 atom stereocenters. The second kappa shape index (κ2) is 7.61. The Morgan fingerprint density at radius 2 is 1.64 bits per heavy atom. The van der Waals surface area contributed by atoms with Crippen LogP contribution in [-0.2, 0) is 0 Å². The zero-order chi connectivity index (χ0) is 19.5. The van der Waals surface area contributed by atoms with Crippen LogP contribution in [0.3, 0.4) is 0 Å². The molecule has 0 radical (unpaired) electrons. The molecule has 1 N–H and O–H groups in total. The highest BCUT2D eigenvalue weighted by molar-refractivity contribution is 5.82. The molecule has 4 heteroatoms. The average Bonchev–Trinajstić information content (AvgIpc) is 2.72. The van der Waals surface area contributed by atoms with Gasteiger partial charge in [0.1, 0.15) is 17.1 Å². The maximum absolute atomic E-state index is 6.25. The normalized spacial score (nSPS) is 11.6. The van der Waals surface area contributed by atoms with Crippen LogP contribution in [0.25, 0.3) is 22.3 Å². The van der Waals surface area contributed by atoms with E-state index in [0.29, 0.717) is 0 Å². The van der Waals surface area contributed by atoms with E-state index in [-0.39, 0.29) is 0 Å². The van der Waals surface area contributed by atoms with Crippen molar-refractivity contribution in [3.8, 4) is 17.1 Å². The second-order valence-corrected chi connectivity index (χ2v) is 6.77. The third kappa shape index (κ3) is 3.62. The fourth-order valence-corrected chi connectivity index (χ4v) is 3.30. The zero-order valence-electron chi connectivity index (χ0n) is 16.2. The first-order valence-corrected chi connectivity index (χ1v) is 9.18. The van der Waals surface area contributed by atoms with Crippen molar-refractivity contribution < 1.29 is 9.15 Å². The van der Waals surface area contributed by atoms with E-state index in [1.165, 1.54) is 0 Å². The monoisotopic (exact) mass is 370 g/mol. The number of benzene rings is 3. The van der Waals surface area contributed by atoms with Crippen molar-refractivity contribution in [3.63, 3.8) is 0 Å². The van der Waals surface area contributed by atoms with Crippen molar-refractivity contribution in [2.75, 3.05) is 12.5 Å². The predicted molar refractivity (Wildman–Crippen MR) is 113 cm³/mol. The van der Waals surface area contributed by atoms with E-state index in [1.807, 2.05) is 60.7 Å². The predicted octanol–water partition coefficient (Wildman–Crippen LogP) is 5.65. The maximum atomic E-state index is 6.25. The summed E-state index contributed by atoms with van der Waals surface area (Å²) < 4.78 is 11.5. The van der Waals surface area contributed by atoms with Gasteiger partial charge in [-0.15, -0.1) is 0 Å². The average molecular weight is 370 g/mol. The Labute approximate surface area is 164 Å². The van der Waals surface area contributed by atoms with Gasteiger partial charge in [0.05, 0.1) is 18.2 Å². The van der Waals surface area contributed by atoms with Crippen molar-refractivity contribution in [2.45, 2.75) is 13.8 Å². The quantitative estimate of drug-likeness (QED) is 0.472. The first kappa shape index (κ1) is 17.9. The lowest BCUT2D eigenvalue weighted by Crippen LogP contribution is -2.09. The molecule has 0 spiro atoms. The van der Waals surface area contributed by atoms with Gasteiger partial charge >= 0.3 is 0 Å². The van der Waals surface area contributed by atoms with Crippen molar-refractivity contribution in [2.24, 2.45) is 5.10 Å². The molecule has 0 amide bonds. The molecular formula is C24H22N2O2. The Kier molecular flexibility index (Phi) is 4.85. The fraction of sp³-hybridized carbons (Fsp3) is 0.125. The molecule has 0 aliphatic carbocycles. The summed E-state index contributed by atoms with van der Waals surface area (Å²) in [5, 5.41) is 6.53. The van der Waals surface area contributed by atoms with Gasteiger partial charge in [-0.3, -0.25) is 5.43 Å². The topological polar surface area (TPSA) is 46.8 Å². The Morgan fingerprint density at radius 1 is 0.893 bits per heavy atom. The van der Waals surface area contributed by atoms with Crippen LogP contribution in [0.4, 0.5) is 5.69 Å². The summed E-state index contributed by atoms with van der Waals surface area (Å²) in [6, 6.07) is 23.9. The van der Waals surface area contributed by atoms with E-state index in [1.54, 1.807) is 7.11 Å². The molecule has 4 nitrogen and oxygen atoms in total. The Balaban J connectivity index is 1.90. The molecule has 0 bridgehead atoms. The summed E-state index contributed by atoms with van der Waals surface area (Å²) >= 11 is 0. The molecule has 0 unspecified atom stereocenters. The number of anilines is 1. The van der Waals surface area contributed by atoms with Crippen molar-refractivity contribution in [1.29, 1.82) is 0 Å². The van der Waals surface area contributed by atoms with Crippen LogP contribution in [-0.4, -0.2) is 7.11 Å². The van der Waals surface area contributed by atoms with Crippen LogP contribution in [0.5, 0.6) is 5.75 Å². The summed E-state index contributed by atoms with van der Waals surface area (Å²) in [5.74, 6) is 1.57. The van der Waals surface area contributed by atoms with E-state index < -0.39 is 0 Å². The molecule has 1 aromatic heterocycles. The van der Waals surface area contributed by atoms with E-state index >= 15 is 0 Å². The molecule has 0 fully saturated rings. The van der Waals surface area contributed by atoms with Gasteiger partial charge in [0.25, 0.3) is 0 Å². The standard InChI is InChI=1S/C24H22N2O2/c1-16-13-17(2)24-21(26-25-19-7-5-4-6-8-19)15-22(28-23(24)14-16)18-9-11-20(27-3)12-10-18/h4-15,25H,1-3H3/b26-21-. The molecule has 4 rings (SSSR count). The van der Waals surface area contributed by atoms with E-state index in [2.05, 4.69) is 36.5 Å². The van der Waals surface area contributed by atoms with E-state index in [9.17, 15) is 0 Å². The van der Waals surface area contributed by atoms with Gasteiger partial charge in [0.2, 0.25) is 0 Å². The van der Waals surface area contributed by atoms with Crippen LogP contribution < -0.4 is 15.5 Å². The minimum atomic E-state index is 0.758. The van der Waals surface area contributed by atoms with Gasteiger partial charge < -0.3 is 9.15 Å². The van der Waals surface area contributed by atoms with Crippen LogP contribution in [0.1, 0.15) is 11.1 Å². The molecule has 140 valence electrons. The van der Waals surface area contributed by atoms with Crippen molar-refractivity contribution >= 4 is 16.7 Å². The summed E-state index contributed by atoms with van der Waals surface area (Å²) in [6.07, 6.45) is 0. The van der Waals surface area contributed by atoms with Crippen LogP contribution in [0.2, 0.25) is 0 Å². The van der Waals surface area contributed by atoms with Gasteiger partial charge in [0, 0.05) is 17.0 Å². The van der Waals surface area contributed by atoms with Crippen molar-refractivity contribution in [3.05, 3.63) is 89.3 Å². The fourth-order valence-electron chi connectivity index (χ4n) is 3.30. The van der Waals surface area contributed by atoms with Gasteiger partial charge in [-0.05, 0) is 67.4 Å². The lowest BCUT2D eigenvalue weighted by atomic mass is 10.0.